The maximum Gasteiger partial charge on any atom is 0.346 e. The molecule has 1 aromatic heterocycles. The zero-order valence-corrected chi connectivity index (χ0v) is 13.2. The van der Waals surface area contributed by atoms with Crippen LogP contribution in [0.15, 0.2) is 11.5 Å². The fraction of sp³-hybridized carbons (Fsp3) is 0.583. The van der Waals surface area contributed by atoms with E-state index in [9.17, 15) is 13.2 Å². The molecule has 0 bridgehead atoms. The Bertz CT molecular complexity index is 628. The lowest BCUT2D eigenvalue weighted by molar-refractivity contribution is 0.204. The number of carbonyl (C=O) groups is 1. The molecule has 0 aliphatic heterocycles. The van der Waals surface area contributed by atoms with Gasteiger partial charge < -0.3 is 4.90 Å². The first-order chi connectivity index (χ1) is 9.92. The number of rotatable bonds is 6. The Morgan fingerprint density at radius 3 is 2.43 bits per heavy atom. The van der Waals surface area contributed by atoms with Gasteiger partial charge in [-0.1, -0.05) is 19.8 Å². The molecule has 0 N–H and O–H groups in total. The Hall–Kier alpha value is -1.92. The predicted molar refractivity (Wildman–Crippen MR) is 77.0 cm³/mol. The van der Waals surface area contributed by atoms with E-state index in [2.05, 4.69) is 16.0 Å². The smallest absolute Gasteiger partial charge is 0.312 e. The average Bonchev–Trinajstić information content (AvgIpc) is 2.95. The van der Waals surface area contributed by atoms with Crippen molar-refractivity contribution in [3.8, 4) is 12.3 Å². The molecular weight excluding hydrogens is 294 g/mol. The standard InChI is InChI=1S/C12H19N5O3S/c1-5-9-15(6-2)12(18)17-10-13-11(14-17)21(19,20)16(7-3)8-4/h1,10H,6-9H2,2-4H3. The summed E-state index contributed by atoms with van der Waals surface area (Å²) in [6, 6.07) is -0.510. The molecule has 0 aliphatic carbocycles. The molecule has 1 amide bonds. The third-order valence-corrected chi connectivity index (χ3v) is 4.72. The third kappa shape index (κ3) is 3.59. The van der Waals surface area contributed by atoms with Crippen molar-refractivity contribution in [3.63, 3.8) is 0 Å². The van der Waals surface area contributed by atoms with Crippen molar-refractivity contribution in [2.24, 2.45) is 0 Å². The van der Waals surface area contributed by atoms with Crippen LogP contribution in [0.2, 0.25) is 0 Å². The lowest BCUT2D eigenvalue weighted by Gasteiger charge is -2.17. The van der Waals surface area contributed by atoms with Gasteiger partial charge in [-0.2, -0.15) is 8.99 Å². The van der Waals surface area contributed by atoms with Gasteiger partial charge in [0.1, 0.15) is 6.33 Å². The van der Waals surface area contributed by atoms with E-state index in [1.165, 1.54) is 9.21 Å². The van der Waals surface area contributed by atoms with Gasteiger partial charge >= 0.3 is 6.03 Å². The van der Waals surface area contributed by atoms with Gasteiger partial charge in [-0.25, -0.2) is 18.2 Å². The van der Waals surface area contributed by atoms with E-state index in [1.54, 1.807) is 20.8 Å². The van der Waals surface area contributed by atoms with E-state index in [0.717, 1.165) is 11.0 Å². The molecule has 0 fully saturated rings. The summed E-state index contributed by atoms with van der Waals surface area (Å²) in [6.45, 7) is 6.32. The SMILES string of the molecule is C#CCN(CC)C(=O)n1cnc(S(=O)(=O)N(CC)CC)n1. The molecule has 1 heterocycles. The summed E-state index contributed by atoms with van der Waals surface area (Å²) in [7, 11) is -3.78. The highest BCUT2D eigenvalue weighted by Crippen LogP contribution is 2.10. The van der Waals surface area contributed by atoms with Gasteiger partial charge in [0.05, 0.1) is 6.54 Å². The summed E-state index contributed by atoms with van der Waals surface area (Å²) >= 11 is 0. The van der Waals surface area contributed by atoms with Crippen molar-refractivity contribution in [1.82, 2.24) is 24.0 Å². The number of hydrogen-bond donors (Lipinski definition) is 0. The van der Waals surface area contributed by atoms with Crippen molar-refractivity contribution >= 4 is 16.1 Å². The summed E-state index contributed by atoms with van der Waals surface area (Å²) in [4.78, 5) is 17.2. The van der Waals surface area contributed by atoms with E-state index in [4.69, 9.17) is 6.42 Å². The van der Waals surface area contributed by atoms with Gasteiger partial charge in [-0.15, -0.1) is 11.5 Å². The van der Waals surface area contributed by atoms with Crippen LogP contribution in [0.3, 0.4) is 0 Å². The zero-order chi connectivity index (χ0) is 16.0. The Kier molecular flexibility index (Phi) is 5.87. The van der Waals surface area contributed by atoms with Crippen LogP contribution in [0, 0.1) is 12.3 Å². The first-order valence-electron chi connectivity index (χ1n) is 6.56. The first-order valence-corrected chi connectivity index (χ1v) is 8.00. The van der Waals surface area contributed by atoms with Crippen LogP contribution in [-0.2, 0) is 10.0 Å². The van der Waals surface area contributed by atoms with Crippen molar-refractivity contribution in [2.75, 3.05) is 26.2 Å². The van der Waals surface area contributed by atoms with Crippen LogP contribution in [0.25, 0.3) is 0 Å². The van der Waals surface area contributed by atoms with Crippen molar-refractivity contribution in [3.05, 3.63) is 6.33 Å². The van der Waals surface area contributed by atoms with Crippen molar-refractivity contribution in [1.29, 1.82) is 0 Å². The molecule has 1 rings (SSSR count). The summed E-state index contributed by atoms with van der Waals surface area (Å²) < 4.78 is 26.6. The highest BCUT2D eigenvalue weighted by molar-refractivity contribution is 7.88. The van der Waals surface area contributed by atoms with Crippen LogP contribution >= 0.6 is 0 Å². The Morgan fingerprint density at radius 1 is 1.33 bits per heavy atom. The average molecular weight is 313 g/mol. The van der Waals surface area contributed by atoms with Gasteiger partial charge in [0.2, 0.25) is 0 Å². The molecule has 0 aromatic carbocycles. The molecule has 21 heavy (non-hydrogen) atoms. The molecular formula is C12H19N5O3S. The lowest BCUT2D eigenvalue weighted by Crippen LogP contribution is -2.35. The van der Waals surface area contributed by atoms with E-state index in [-0.39, 0.29) is 6.54 Å². The highest BCUT2D eigenvalue weighted by atomic mass is 32.2. The summed E-state index contributed by atoms with van der Waals surface area (Å²) in [6.07, 6.45) is 6.26. The topological polar surface area (TPSA) is 88.4 Å². The highest BCUT2D eigenvalue weighted by Gasteiger charge is 2.27. The zero-order valence-electron chi connectivity index (χ0n) is 12.4. The van der Waals surface area contributed by atoms with Crippen LogP contribution < -0.4 is 0 Å². The molecule has 8 nitrogen and oxygen atoms in total. The molecule has 0 saturated heterocycles. The second-order valence-corrected chi connectivity index (χ2v) is 5.89. The number of amides is 1. The normalized spacial score (nSPS) is 11.4. The van der Waals surface area contributed by atoms with Crippen molar-refractivity contribution in [2.45, 2.75) is 25.9 Å². The molecule has 0 spiro atoms. The number of hydrogen-bond acceptors (Lipinski definition) is 5. The molecule has 116 valence electrons. The number of sulfonamides is 1. The monoisotopic (exact) mass is 313 g/mol. The molecule has 9 heteroatoms. The molecule has 1 aromatic rings. The summed E-state index contributed by atoms with van der Waals surface area (Å²) in [5, 5.41) is 3.37. The van der Waals surface area contributed by atoms with Crippen LogP contribution in [0.4, 0.5) is 4.79 Å². The van der Waals surface area contributed by atoms with Crippen LogP contribution in [0.1, 0.15) is 20.8 Å². The van der Waals surface area contributed by atoms with E-state index >= 15 is 0 Å². The molecule has 0 unspecified atom stereocenters. The van der Waals surface area contributed by atoms with Crippen molar-refractivity contribution < 1.29 is 13.2 Å². The van der Waals surface area contributed by atoms with E-state index in [0.29, 0.717) is 19.6 Å². The summed E-state index contributed by atoms with van der Waals surface area (Å²) in [5.74, 6) is 2.36. The third-order valence-electron chi connectivity index (χ3n) is 2.88. The molecule has 0 saturated carbocycles. The van der Waals surface area contributed by atoms with Crippen LogP contribution in [0.5, 0.6) is 0 Å². The minimum absolute atomic E-state index is 0.118. The second kappa shape index (κ2) is 7.19. The Balaban J connectivity index is 3.06. The molecule has 0 atom stereocenters. The predicted octanol–water partition coefficient (Wildman–Crippen LogP) is 0.232. The quantitative estimate of drug-likeness (QED) is 0.702. The molecule has 0 radical (unpaired) electrons. The Morgan fingerprint density at radius 2 is 1.95 bits per heavy atom. The second-order valence-electron chi connectivity index (χ2n) is 4.06. The first kappa shape index (κ1) is 17.1. The molecule has 0 aliphatic rings. The van der Waals surface area contributed by atoms with Gasteiger partial charge in [0, 0.05) is 19.6 Å². The fourth-order valence-corrected chi connectivity index (χ4v) is 2.99. The van der Waals surface area contributed by atoms with Gasteiger partial charge in [-0.3, -0.25) is 0 Å². The van der Waals surface area contributed by atoms with Gasteiger partial charge in [0.25, 0.3) is 15.2 Å². The Labute approximate surface area is 124 Å². The number of nitrogens with zero attached hydrogens (tertiary/aromatic N) is 5. The maximum absolute atomic E-state index is 12.2. The lowest BCUT2D eigenvalue weighted by atomic mass is 10.5. The fourth-order valence-electron chi connectivity index (χ4n) is 1.71. The summed E-state index contributed by atoms with van der Waals surface area (Å²) in [5.41, 5.74) is 0. The van der Waals surface area contributed by atoms with Gasteiger partial charge in [-0.05, 0) is 6.92 Å². The van der Waals surface area contributed by atoms with E-state index in [1.807, 2.05) is 0 Å². The minimum atomic E-state index is -3.78. The number of terminal acetylenes is 1. The van der Waals surface area contributed by atoms with E-state index < -0.39 is 21.2 Å². The minimum Gasteiger partial charge on any atom is -0.312 e. The van der Waals surface area contributed by atoms with Crippen LogP contribution in [-0.4, -0.2) is 64.6 Å². The largest absolute Gasteiger partial charge is 0.346 e. The van der Waals surface area contributed by atoms with Gasteiger partial charge in [0.15, 0.2) is 0 Å². The number of aromatic nitrogens is 3. The number of carbonyl (C=O) groups excluding carboxylic acids is 1. The maximum atomic E-state index is 12.2.